The second-order valence-electron chi connectivity index (χ2n) is 14.0. The fourth-order valence-corrected chi connectivity index (χ4v) is 8.43. The van der Waals surface area contributed by atoms with Gasteiger partial charge in [0.2, 0.25) is 0 Å². The van der Waals surface area contributed by atoms with Crippen molar-refractivity contribution in [3.05, 3.63) is 208 Å². The maximum atomic E-state index is 14.0. The van der Waals surface area contributed by atoms with E-state index in [1.807, 2.05) is 18.2 Å². The molecule has 0 spiro atoms. The maximum absolute atomic E-state index is 14.0. The number of phenolic OH excluding ortho intramolecular Hbond substituents is 1. The Bertz CT molecular complexity index is 2350. The molecule has 1 aliphatic heterocycles. The molecular formula is C49H42O9S. The third-order valence-electron chi connectivity index (χ3n) is 10.0. The van der Waals surface area contributed by atoms with Crippen LogP contribution in [-0.2, 0) is 31.8 Å². The summed E-state index contributed by atoms with van der Waals surface area (Å²) < 4.78 is 24.8. The number of hydrogen-bond donors (Lipinski definition) is 1. The lowest BCUT2D eigenvalue weighted by atomic mass is 9.93. The minimum absolute atomic E-state index is 0.0713. The highest BCUT2D eigenvalue weighted by molar-refractivity contribution is 8.00. The highest BCUT2D eigenvalue weighted by atomic mass is 32.2. The summed E-state index contributed by atoms with van der Waals surface area (Å²) in [6.45, 7) is 1.82. The Labute approximate surface area is 346 Å². The predicted molar refractivity (Wildman–Crippen MR) is 225 cm³/mol. The van der Waals surface area contributed by atoms with Crippen molar-refractivity contribution in [1.29, 1.82) is 0 Å². The Morgan fingerprint density at radius 1 is 0.525 bits per heavy atom. The standard InChI is InChI=1S/C49H42O9S/c1-2-32-23-25-33(26-24-32)29-39-30-38(27-28-40(39)50)45-44(58-49(54)37-21-13-6-14-22-37)43(57-48(53)36-19-11-5-12-20-36)42(56-47(52)35-17-9-4-10-18-35)41(59-45)31-55-46(51)34-15-7-3-8-16-34/h3-28,30,41-45,50H,2,29,31H2,1H3/t41?,42-,43-,44?,45-/m0/s1. The van der Waals surface area contributed by atoms with E-state index in [0.717, 1.165) is 12.0 Å². The van der Waals surface area contributed by atoms with Crippen molar-refractivity contribution in [1.82, 2.24) is 0 Å². The molecule has 0 aromatic heterocycles. The molecule has 1 saturated heterocycles. The summed E-state index contributed by atoms with van der Waals surface area (Å²) >= 11 is 1.26. The summed E-state index contributed by atoms with van der Waals surface area (Å²) in [5.74, 6) is -2.69. The first-order valence-electron chi connectivity index (χ1n) is 19.3. The number of carbonyl (C=O) groups excluding carboxylic acids is 4. The second-order valence-corrected chi connectivity index (χ2v) is 15.4. The monoisotopic (exact) mass is 806 g/mol. The largest absolute Gasteiger partial charge is 0.508 e. The maximum Gasteiger partial charge on any atom is 0.338 e. The quantitative estimate of drug-likeness (QED) is 0.0892. The van der Waals surface area contributed by atoms with E-state index in [1.165, 1.54) is 17.3 Å². The fraction of sp³-hybridized carbons (Fsp3) is 0.184. The number of aryl methyl sites for hydroxylation is 1. The molecule has 298 valence electrons. The number of thioether (sulfide) groups is 1. The highest BCUT2D eigenvalue weighted by Gasteiger charge is 2.53. The molecule has 0 saturated carbocycles. The number of ether oxygens (including phenoxy) is 4. The van der Waals surface area contributed by atoms with E-state index in [4.69, 9.17) is 18.9 Å². The molecule has 9 nitrogen and oxygen atoms in total. The first-order valence-corrected chi connectivity index (χ1v) is 20.3. The van der Waals surface area contributed by atoms with Gasteiger partial charge in [-0.1, -0.05) is 116 Å². The van der Waals surface area contributed by atoms with Crippen molar-refractivity contribution in [2.45, 2.75) is 48.6 Å². The van der Waals surface area contributed by atoms with Crippen molar-refractivity contribution >= 4 is 35.6 Å². The Morgan fingerprint density at radius 3 is 1.46 bits per heavy atom. The molecule has 59 heavy (non-hydrogen) atoms. The van der Waals surface area contributed by atoms with Crippen LogP contribution in [0.4, 0.5) is 0 Å². The highest BCUT2D eigenvalue weighted by Crippen LogP contribution is 2.48. The summed E-state index contributed by atoms with van der Waals surface area (Å²) in [7, 11) is 0. The zero-order valence-corrected chi connectivity index (χ0v) is 33.0. The van der Waals surface area contributed by atoms with Crippen LogP contribution < -0.4 is 0 Å². The molecule has 1 N–H and O–H groups in total. The average molecular weight is 807 g/mol. The van der Waals surface area contributed by atoms with Crippen LogP contribution >= 0.6 is 11.8 Å². The number of phenols is 1. The van der Waals surface area contributed by atoms with Crippen LogP contribution in [0.15, 0.2) is 164 Å². The number of hydrogen-bond acceptors (Lipinski definition) is 10. The van der Waals surface area contributed by atoms with E-state index in [1.54, 1.807) is 133 Å². The van der Waals surface area contributed by atoms with Crippen molar-refractivity contribution in [2.75, 3.05) is 6.61 Å². The average Bonchev–Trinajstić information content (AvgIpc) is 3.29. The molecule has 1 aliphatic rings. The predicted octanol–water partition coefficient (Wildman–Crippen LogP) is 9.24. The van der Waals surface area contributed by atoms with Gasteiger partial charge < -0.3 is 24.1 Å². The number of esters is 4. The number of aromatic hydroxyl groups is 1. The lowest BCUT2D eigenvalue weighted by molar-refractivity contribution is -0.0959. The summed E-state index contributed by atoms with van der Waals surface area (Å²) in [5.41, 5.74) is 4.44. The topological polar surface area (TPSA) is 125 Å². The molecule has 0 bridgehead atoms. The Morgan fingerprint density at radius 2 is 0.966 bits per heavy atom. The zero-order chi connectivity index (χ0) is 41.1. The lowest BCUT2D eigenvalue weighted by Gasteiger charge is -2.44. The molecule has 7 rings (SSSR count). The molecule has 0 amide bonds. The van der Waals surface area contributed by atoms with Gasteiger partial charge in [0.25, 0.3) is 0 Å². The van der Waals surface area contributed by atoms with Gasteiger partial charge in [0.05, 0.1) is 32.8 Å². The van der Waals surface area contributed by atoms with E-state index < -0.39 is 52.7 Å². The van der Waals surface area contributed by atoms with Gasteiger partial charge >= 0.3 is 23.9 Å². The van der Waals surface area contributed by atoms with E-state index >= 15 is 0 Å². The van der Waals surface area contributed by atoms with E-state index in [9.17, 15) is 24.3 Å². The molecular weight excluding hydrogens is 765 g/mol. The summed E-state index contributed by atoms with van der Waals surface area (Å²) in [6, 6.07) is 46.8. The smallest absolute Gasteiger partial charge is 0.338 e. The van der Waals surface area contributed by atoms with Gasteiger partial charge in [0, 0.05) is 6.42 Å². The Balaban J connectivity index is 1.33. The molecule has 2 unspecified atom stereocenters. The van der Waals surface area contributed by atoms with Crippen LogP contribution in [0.1, 0.15) is 75.9 Å². The van der Waals surface area contributed by atoms with E-state index in [0.29, 0.717) is 23.1 Å². The van der Waals surface area contributed by atoms with Crippen LogP contribution in [-0.4, -0.2) is 59.2 Å². The normalized spacial score (nSPS) is 18.6. The van der Waals surface area contributed by atoms with Crippen LogP contribution in [0.25, 0.3) is 0 Å². The van der Waals surface area contributed by atoms with Gasteiger partial charge in [0.15, 0.2) is 18.3 Å². The van der Waals surface area contributed by atoms with Crippen molar-refractivity contribution in [3.8, 4) is 5.75 Å². The minimum Gasteiger partial charge on any atom is -0.508 e. The third-order valence-corrected chi connectivity index (χ3v) is 11.6. The van der Waals surface area contributed by atoms with Gasteiger partial charge in [-0.25, -0.2) is 19.2 Å². The third kappa shape index (κ3) is 10.1. The van der Waals surface area contributed by atoms with Crippen LogP contribution in [0.3, 0.4) is 0 Å². The van der Waals surface area contributed by atoms with E-state index in [-0.39, 0.29) is 29.0 Å². The van der Waals surface area contributed by atoms with Gasteiger partial charge in [-0.15, -0.1) is 11.8 Å². The fourth-order valence-electron chi connectivity index (χ4n) is 6.87. The Kier molecular flexibility index (Phi) is 13.2. The van der Waals surface area contributed by atoms with Crippen molar-refractivity contribution in [3.63, 3.8) is 0 Å². The molecule has 10 heteroatoms. The SMILES string of the molecule is CCc1ccc(Cc2cc([C@@H]3SC(COC(=O)c4ccccc4)[C@H](OC(=O)c4ccccc4)[C@H](OC(=O)c4ccccc4)C3OC(=O)c3ccccc3)ccc2O)cc1. The van der Waals surface area contributed by atoms with Gasteiger partial charge in [0.1, 0.15) is 12.4 Å². The minimum atomic E-state index is -1.41. The molecule has 1 heterocycles. The number of rotatable bonds is 13. The van der Waals surface area contributed by atoms with Crippen LogP contribution in [0, 0.1) is 0 Å². The van der Waals surface area contributed by atoms with Gasteiger partial charge in [-0.05, 0) is 83.3 Å². The zero-order valence-electron chi connectivity index (χ0n) is 32.2. The van der Waals surface area contributed by atoms with Crippen LogP contribution in [0.2, 0.25) is 0 Å². The van der Waals surface area contributed by atoms with Crippen LogP contribution in [0.5, 0.6) is 5.75 Å². The lowest BCUT2D eigenvalue weighted by Crippen LogP contribution is -2.56. The summed E-state index contributed by atoms with van der Waals surface area (Å²) in [4.78, 5) is 55.3. The molecule has 0 radical (unpaired) electrons. The van der Waals surface area contributed by atoms with Crippen molar-refractivity contribution < 1.29 is 43.2 Å². The van der Waals surface area contributed by atoms with Gasteiger partial charge in [-0.2, -0.15) is 0 Å². The molecule has 5 atom stereocenters. The van der Waals surface area contributed by atoms with Crippen molar-refractivity contribution in [2.24, 2.45) is 0 Å². The number of carbonyl (C=O) groups is 4. The molecule has 0 aliphatic carbocycles. The van der Waals surface area contributed by atoms with E-state index in [2.05, 4.69) is 19.1 Å². The molecule has 6 aromatic carbocycles. The number of benzene rings is 6. The second kappa shape index (κ2) is 19.2. The van der Waals surface area contributed by atoms with Gasteiger partial charge in [-0.3, -0.25) is 0 Å². The summed E-state index contributed by atoms with van der Waals surface area (Å²) in [5, 5.41) is 9.50. The Hall–Kier alpha value is -6.65. The molecule has 1 fully saturated rings. The first-order chi connectivity index (χ1) is 28.8. The first kappa shape index (κ1) is 40.5. The summed E-state index contributed by atoms with van der Waals surface area (Å²) in [6.07, 6.45) is -2.66. The molecule has 6 aromatic rings.